The van der Waals surface area contributed by atoms with Crippen LogP contribution in [0.2, 0.25) is 0 Å². The molecule has 2 heterocycles. The fraction of sp³-hybridized carbons (Fsp3) is 0.545. The lowest BCUT2D eigenvalue weighted by Gasteiger charge is -2.28. The van der Waals surface area contributed by atoms with Crippen molar-refractivity contribution in [1.29, 1.82) is 0 Å². The topological polar surface area (TPSA) is 62.9 Å². The van der Waals surface area contributed by atoms with Gasteiger partial charge in [0.05, 0.1) is 19.5 Å². The van der Waals surface area contributed by atoms with Crippen molar-refractivity contribution >= 4 is 5.97 Å². The predicted octanol–water partition coefficient (Wildman–Crippen LogP) is 0.780. The van der Waals surface area contributed by atoms with E-state index in [1.807, 2.05) is 0 Å². The predicted molar refractivity (Wildman–Crippen MR) is 56.3 cm³/mol. The maximum Gasteiger partial charge on any atom is 0.315 e. The first-order valence-electron chi connectivity index (χ1n) is 5.33. The van der Waals surface area contributed by atoms with Gasteiger partial charge in [0.15, 0.2) is 0 Å². The average molecular weight is 225 g/mol. The van der Waals surface area contributed by atoms with Gasteiger partial charge in [0.2, 0.25) is 0 Å². The Labute approximate surface area is 93.6 Å². The molecular formula is C11H15NO4. The Balaban J connectivity index is 2.00. The molecule has 1 atom stereocenters. The van der Waals surface area contributed by atoms with E-state index in [0.717, 1.165) is 13.1 Å². The summed E-state index contributed by atoms with van der Waals surface area (Å²) in [4.78, 5) is 13.2. The van der Waals surface area contributed by atoms with Gasteiger partial charge >= 0.3 is 5.97 Å². The molecule has 1 aromatic heterocycles. The number of hydrogen-bond donors (Lipinski definition) is 1. The number of nitrogens with zero attached hydrogens (tertiary/aromatic N) is 1. The van der Waals surface area contributed by atoms with Crippen LogP contribution in [0.1, 0.15) is 11.7 Å². The summed E-state index contributed by atoms with van der Waals surface area (Å²) < 4.78 is 10.4. The fourth-order valence-electron chi connectivity index (χ4n) is 1.82. The summed E-state index contributed by atoms with van der Waals surface area (Å²) >= 11 is 0. The number of morpholine rings is 1. The third-order valence-electron chi connectivity index (χ3n) is 2.73. The van der Waals surface area contributed by atoms with E-state index in [4.69, 9.17) is 14.3 Å². The molecule has 0 radical (unpaired) electrons. The van der Waals surface area contributed by atoms with Crippen molar-refractivity contribution in [2.24, 2.45) is 0 Å². The van der Waals surface area contributed by atoms with E-state index in [1.165, 1.54) is 6.26 Å². The van der Waals surface area contributed by atoms with Crippen molar-refractivity contribution in [3.8, 4) is 0 Å². The molecule has 0 bridgehead atoms. The molecule has 0 spiro atoms. The smallest absolute Gasteiger partial charge is 0.315 e. The molecule has 0 aromatic carbocycles. The zero-order chi connectivity index (χ0) is 11.4. The largest absolute Gasteiger partial charge is 0.481 e. The van der Waals surface area contributed by atoms with Gasteiger partial charge in [-0.1, -0.05) is 0 Å². The highest BCUT2D eigenvalue weighted by molar-refractivity contribution is 5.75. The summed E-state index contributed by atoms with van der Waals surface area (Å²) in [5.41, 5.74) is 0. The molecule has 1 fully saturated rings. The molecular weight excluding hydrogens is 210 g/mol. The van der Waals surface area contributed by atoms with Gasteiger partial charge in [-0.05, 0) is 12.1 Å². The first-order valence-corrected chi connectivity index (χ1v) is 5.33. The van der Waals surface area contributed by atoms with E-state index in [1.54, 1.807) is 12.1 Å². The van der Waals surface area contributed by atoms with Gasteiger partial charge in [-0.25, -0.2) is 0 Å². The van der Waals surface area contributed by atoms with Crippen molar-refractivity contribution in [2.75, 3.05) is 32.8 Å². The fourth-order valence-corrected chi connectivity index (χ4v) is 1.82. The van der Waals surface area contributed by atoms with Crippen LogP contribution in [-0.4, -0.2) is 48.8 Å². The lowest BCUT2D eigenvalue weighted by molar-refractivity contribution is -0.140. The number of rotatable bonds is 4. The Morgan fingerprint density at radius 3 is 2.81 bits per heavy atom. The van der Waals surface area contributed by atoms with Crippen molar-refractivity contribution in [3.63, 3.8) is 0 Å². The molecule has 1 aromatic rings. The molecule has 5 nitrogen and oxygen atoms in total. The van der Waals surface area contributed by atoms with Crippen LogP contribution < -0.4 is 0 Å². The molecule has 1 aliphatic rings. The normalized spacial score (nSPS) is 19.5. The first kappa shape index (κ1) is 11.2. The van der Waals surface area contributed by atoms with E-state index in [9.17, 15) is 4.79 Å². The average Bonchev–Trinajstić information content (AvgIpc) is 2.80. The van der Waals surface area contributed by atoms with Crippen molar-refractivity contribution < 1.29 is 19.1 Å². The molecule has 2 rings (SSSR count). The second kappa shape index (κ2) is 5.14. The molecule has 0 saturated carbocycles. The molecule has 88 valence electrons. The summed E-state index contributed by atoms with van der Waals surface area (Å²) in [6, 6.07) is 3.42. The highest BCUT2D eigenvalue weighted by Crippen LogP contribution is 2.18. The summed E-state index contributed by atoms with van der Waals surface area (Å²) in [6.45, 7) is 3.39. The van der Waals surface area contributed by atoms with Crippen molar-refractivity contribution in [3.05, 3.63) is 24.2 Å². The van der Waals surface area contributed by atoms with Crippen molar-refractivity contribution in [2.45, 2.75) is 5.92 Å². The number of furan rings is 1. The van der Waals surface area contributed by atoms with Crippen LogP contribution in [0.4, 0.5) is 0 Å². The van der Waals surface area contributed by atoms with Crippen molar-refractivity contribution in [1.82, 2.24) is 4.90 Å². The van der Waals surface area contributed by atoms with Crippen LogP contribution in [0.3, 0.4) is 0 Å². The number of ether oxygens (including phenoxy) is 1. The first-order chi connectivity index (χ1) is 7.77. The van der Waals surface area contributed by atoms with E-state index in [-0.39, 0.29) is 0 Å². The highest BCUT2D eigenvalue weighted by Gasteiger charge is 2.26. The van der Waals surface area contributed by atoms with Crippen LogP contribution in [0.15, 0.2) is 22.8 Å². The minimum absolute atomic E-state index is 0.478. The number of hydrogen-bond acceptors (Lipinski definition) is 4. The highest BCUT2D eigenvalue weighted by atomic mass is 16.5. The second-order valence-electron chi connectivity index (χ2n) is 3.82. The second-order valence-corrected chi connectivity index (χ2v) is 3.82. The maximum absolute atomic E-state index is 11.2. The SMILES string of the molecule is O=C(O)C(CN1CCOCC1)c1ccco1. The standard InChI is InChI=1S/C11H15NO4/c13-11(14)9(10-2-1-5-16-10)8-12-3-6-15-7-4-12/h1-2,5,9H,3-4,6-8H2,(H,13,14). The van der Waals surface area contributed by atoms with Gasteiger partial charge in [-0.15, -0.1) is 0 Å². The molecule has 1 N–H and O–H groups in total. The van der Waals surface area contributed by atoms with Gasteiger partial charge in [-0.3, -0.25) is 9.69 Å². The summed E-state index contributed by atoms with van der Waals surface area (Å²) in [7, 11) is 0. The van der Waals surface area contributed by atoms with E-state index in [2.05, 4.69) is 4.90 Å². The van der Waals surface area contributed by atoms with Crippen LogP contribution in [0.25, 0.3) is 0 Å². The van der Waals surface area contributed by atoms with E-state index >= 15 is 0 Å². The third-order valence-corrected chi connectivity index (χ3v) is 2.73. The molecule has 16 heavy (non-hydrogen) atoms. The molecule has 1 unspecified atom stereocenters. The number of carboxylic acids is 1. The van der Waals surface area contributed by atoms with Crippen LogP contribution >= 0.6 is 0 Å². The zero-order valence-electron chi connectivity index (χ0n) is 8.96. The summed E-state index contributed by atoms with van der Waals surface area (Å²) in [6.07, 6.45) is 1.50. The number of carboxylic acid groups (broad SMARTS) is 1. The van der Waals surface area contributed by atoms with Crippen LogP contribution in [-0.2, 0) is 9.53 Å². The monoisotopic (exact) mass is 225 g/mol. The Morgan fingerprint density at radius 2 is 2.25 bits per heavy atom. The van der Waals surface area contributed by atoms with Gasteiger partial charge < -0.3 is 14.3 Å². The van der Waals surface area contributed by atoms with E-state index in [0.29, 0.717) is 25.5 Å². The maximum atomic E-state index is 11.2. The third kappa shape index (κ3) is 2.62. The van der Waals surface area contributed by atoms with Crippen LogP contribution in [0.5, 0.6) is 0 Å². The van der Waals surface area contributed by atoms with Gasteiger partial charge in [-0.2, -0.15) is 0 Å². The number of aliphatic carboxylic acids is 1. The molecule has 1 saturated heterocycles. The van der Waals surface area contributed by atoms with Crippen LogP contribution in [0, 0.1) is 0 Å². The minimum atomic E-state index is -0.846. The summed E-state index contributed by atoms with van der Waals surface area (Å²) in [5.74, 6) is -0.923. The number of carbonyl (C=O) groups is 1. The Kier molecular flexibility index (Phi) is 3.58. The van der Waals surface area contributed by atoms with Gasteiger partial charge in [0, 0.05) is 19.6 Å². The minimum Gasteiger partial charge on any atom is -0.481 e. The molecule has 0 amide bonds. The van der Waals surface area contributed by atoms with Gasteiger partial charge in [0.1, 0.15) is 11.7 Å². The van der Waals surface area contributed by atoms with E-state index < -0.39 is 11.9 Å². The molecule has 5 heteroatoms. The lowest BCUT2D eigenvalue weighted by Crippen LogP contribution is -2.40. The Hall–Kier alpha value is -1.33. The summed E-state index contributed by atoms with van der Waals surface area (Å²) in [5, 5.41) is 9.16. The molecule has 0 aliphatic carbocycles. The van der Waals surface area contributed by atoms with Gasteiger partial charge in [0.25, 0.3) is 0 Å². The molecule has 1 aliphatic heterocycles. The zero-order valence-corrected chi connectivity index (χ0v) is 8.96. The Bertz CT molecular complexity index is 330. The lowest BCUT2D eigenvalue weighted by atomic mass is 10.1. The Morgan fingerprint density at radius 1 is 1.50 bits per heavy atom. The quantitative estimate of drug-likeness (QED) is 0.820.